The zero-order chi connectivity index (χ0) is 19.6. The number of aromatic nitrogens is 1. The van der Waals surface area contributed by atoms with E-state index < -0.39 is 11.9 Å². The molecule has 138 valence electrons. The van der Waals surface area contributed by atoms with Gasteiger partial charge >= 0.3 is 0 Å². The smallest absolute Gasteiger partial charge is 0.286 e. The van der Waals surface area contributed by atoms with Crippen LogP contribution < -0.4 is 5.32 Å². The van der Waals surface area contributed by atoms with Gasteiger partial charge < -0.3 is 15.4 Å². The van der Waals surface area contributed by atoms with Gasteiger partial charge in [-0.1, -0.05) is 34.1 Å². The molecule has 1 unspecified atom stereocenters. The largest absolute Gasteiger partial charge is 0.493 e. The third-order valence-corrected chi connectivity index (χ3v) is 4.86. The van der Waals surface area contributed by atoms with Gasteiger partial charge in [-0.2, -0.15) is 0 Å². The highest BCUT2D eigenvalue weighted by Gasteiger charge is 2.18. The lowest BCUT2D eigenvalue weighted by Crippen LogP contribution is -2.37. The van der Waals surface area contributed by atoms with Crippen LogP contribution in [0.25, 0.3) is 10.9 Å². The van der Waals surface area contributed by atoms with E-state index in [1.165, 1.54) is 6.92 Å². The van der Waals surface area contributed by atoms with Crippen LogP contribution in [0, 0.1) is 0 Å². The summed E-state index contributed by atoms with van der Waals surface area (Å²) in [6, 6.07) is 11.2. The van der Waals surface area contributed by atoms with Crippen LogP contribution in [0.3, 0.4) is 0 Å². The second kappa shape index (κ2) is 8.01. The van der Waals surface area contributed by atoms with Gasteiger partial charge in [0.2, 0.25) is 5.88 Å². The zero-order valence-electron chi connectivity index (χ0n) is 14.0. The molecule has 2 amide bonds. The van der Waals surface area contributed by atoms with Crippen molar-refractivity contribution in [2.45, 2.75) is 13.0 Å². The van der Waals surface area contributed by atoms with Crippen LogP contribution in [0.2, 0.25) is 0 Å². The number of hydrogen-bond donors (Lipinski definition) is 3. The summed E-state index contributed by atoms with van der Waals surface area (Å²) in [5, 5.41) is 20.7. The Morgan fingerprint density at radius 2 is 1.89 bits per heavy atom. The van der Waals surface area contributed by atoms with E-state index in [0.717, 1.165) is 8.95 Å². The van der Waals surface area contributed by atoms with Crippen LogP contribution in [0.4, 0.5) is 5.69 Å². The Morgan fingerprint density at radius 3 is 2.59 bits per heavy atom. The molecule has 1 heterocycles. The van der Waals surface area contributed by atoms with Gasteiger partial charge in [-0.3, -0.25) is 9.59 Å². The lowest BCUT2D eigenvalue weighted by molar-refractivity contribution is -0.119. The lowest BCUT2D eigenvalue weighted by Gasteiger charge is -2.09. The monoisotopic (exact) mass is 492 g/mol. The van der Waals surface area contributed by atoms with E-state index in [-0.39, 0.29) is 17.5 Å². The van der Waals surface area contributed by atoms with Gasteiger partial charge in [0.15, 0.2) is 5.69 Å². The maximum absolute atomic E-state index is 12.2. The van der Waals surface area contributed by atoms with Crippen LogP contribution in [0.5, 0.6) is 5.88 Å². The zero-order valence-corrected chi connectivity index (χ0v) is 17.2. The molecule has 1 atom stereocenters. The second-order valence-electron chi connectivity index (χ2n) is 5.73. The molecule has 0 saturated heterocycles. The number of hydrogen-bond acceptors (Lipinski definition) is 4. The fourth-order valence-corrected chi connectivity index (χ4v) is 3.74. The number of fused-ring (bicyclic) bond motifs is 1. The van der Waals surface area contributed by atoms with Crippen molar-refractivity contribution in [1.82, 2.24) is 10.3 Å². The summed E-state index contributed by atoms with van der Waals surface area (Å²) in [6.07, 6.45) is 0. The van der Waals surface area contributed by atoms with Gasteiger partial charge in [-0.05, 0) is 47.1 Å². The predicted octanol–water partition coefficient (Wildman–Crippen LogP) is 4.83. The first-order valence-electron chi connectivity index (χ1n) is 7.88. The van der Waals surface area contributed by atoms with Gasteiger partial charge in [0.25, 0.3) is 11.8 Å². The molecule has 0 aliphatic carbocycles. The Morgan fingerprint density at radius 1 is 1.19 bits per heavy atom. The summed E-state index contributed by atoms with van der Waals surface area (Å²) >= 11 is 6.76. The molecule has 0 radical (unpaired) electrons. The average Bonchev–Trinajstić information content (AvgIpc) is 2.96. The van der Waals surface area contributed by atoms with E-state index in [1.54, 1.807) is 36.4 Å². The van der Waals surface area contributed by atoms with E-state index in [0.29, 0.717) is 16.5 Å². The maximum Gasteiger partial charge on any atom is 0.286 e. The van der Waals surface area contributed by atoms with Gasteiger partial charge in [-0.15, -0.1) is 10.2 Å². The Kier molecular flexibility index (Phi) is 5.71. The highest BCUT2D eigenvalue weighted by molar-refractivity contribution is 9.11. The number of H-pyrrole nitrogens is 1. The maximum atomic E-state index is 12.2. The number of aromatic hydroxyl groups is 1. The normalized spacial score (nSPS) is 12.4. The SMILES string of the molecule is CC(NC(=O)c1ccccc1)C(=O)N=Nc1c(O)[nH]c2c(Br)cc(Br)cc12. The first-order chi connectivity index (χ1) is 12.9. The molecule has 0 spiro atoms. The van der Waals surface area contributed by atoms with Crippen LogP contribution in [0.1, 0.15) is 17.3 Å². The number of amides is 2. The Labute approximate surface area is 171 Å². The van der Waals surface area contributed by atoms with Gasteiger partial charge in [-0.25, -0.2) is 0 Å². The predicted molar refractivity (Wildman–Crippen MR) is 108 cm³/mol. The number of nitrogens with one attached hydrogen (secondary N) is 2. The number of carbonyl (C=O) groups excluding carboxylic acids is 2. The first kappa shape index (κ1) is 19.2. The number of benzene rings is 2. The van der Waals surface area contributed by atoms with E-state index >= 15 is 0 Å². The van der Waals surface area contributed by atoms with E-state index in [9.17, 15) is 14.7 Å². The lowest BCUT2D eigenvalue weighted by atomic mass is 10.2. The number of carbonyl (C=O) groups is 2. The summed E-state index contributed by atoms with van der Waals surface area (Å²) in [4.78, 5) is 27.1. The van der Waals surface area contributed by atoms with E-state index in [2.05, 4.69) is 52.4 Å². The van der Waals surface area contributed by atoms with E-state index in [4.69, 9.17) is 0 Å². The average molecular weight is 494 g/mol. The van der Waals surface area contributed by atoms with Gasteiger partial charge in [0, 0.05) is 19.9 Å². The standard InChI is InChI=1S/C18H14Br2N4O3/c1-9(21-17(26)10-5-3-2-4-6-10)16(25)24-23-15-12-7-11(19)8-13(20)14(12)22-18(15)27/h2-9,22,27H,1H3,(H,21,26). The summed E-state index contributed by atoms with van der Waals surface area (Å²) in [5.74, 6) is -1.22. The van der Waals surface area contributed by atoms with Gasteiger partial charge in [0.05, 0.1) is 5.52 Å². The third kappa shape index (κ3) is 4.25. The summed E-state index contributed by atoms with van der Waals surface area (Å²) in [7, 11) is 0. The molecule has 0 bridgehead atoms. The van der Waals surface area contributed by atoms with Crippen molar-refractivity contribution < 1.29 is 14.7 Å². The molecule has 3 rings (SSSR count). The van der Waals surface area contributed by atoms with Crippen molar-refractivity contribution in [2.75, 3.05) is 0 Å². The topological polar surface area (TPSA) is 107 Å². The molecule has 27 heavy (non-hydrogen) atoms. The number of aromatic amines is 1. The molecular formula is C18H14Br2N4O3. The number of nitrogens with zero attached hydrogens (tertiary/aromatic N) is 2. The molecule has 0 aliphatic heterocycles. The minimum atomic E-state index is -0.868. The van der Waals surface area contributed by atoms with E-state index in [1.807, 2.05) is 6.07 Å². The van der Waals surface area contributed by atoms with Crippen LogP contribution in [0.15, 0.2) is 61.6 Å². The van der Waals surface area contributed by atoms with Gasteiger partial charge in [0.1, 0.15) is 6.04 Å². The summed E-state index contributed by atoms with van der Waals surface area (Å²) in [5.41, 5.74) is 1.21. The minimum absolute atomic E-state index is 0.141. The van der Waals surface area contributed by atoms with Crippen molar-refractivity contribution in [3.05, 3.63) is 57.0 Å². The molecular weight excluding hydrogens is 480 g/mol. The Bertz CT molecular complexity index is 1050. The molecule has 1 aromatic heterocycles. The number of halogens is 2. The molecule has 7 nitrogen and oxygen atoms in total. The second-order valence-corrected chi connectivity index (χ2v) is 7.50. The van der Waals surface area contributed by atoms with Crippen LogP contribution in [-0.4, -0.2) is 27.9 Å². The fraction of sp³-hybridized carbons (Fsp3) is 0.111. The van der Waals surface area contributed by atoms with Crippen LogP contribution >= 0.6 is 31.9 Å². The van der Waals surface area contributed by atoms with Crippen molar-refractivity contribution in [2.24, 2.45) is 10.2 Å². The van der Waals surface area contributed by atoms with Crippen molar-refractivity contribution in [3.8, 4) is 5.88 Å². The minimum Gasteiger partial charge on any atom is -0.493 e. The molecule has 9 heteroatoms. The highest BCUT2D eigenvalue weighted by atomic mass is 79.9. The molecule has 3 N–H and O–H groups in total. The fourth-order valence-electron chi connectivity index (χ4n) is 2.41. The molecule has 2 aromatic carbocycles. The molecule has 0 saturated carbocycles. The van der Waals surface area contributed by atoms with Crippen LogP contribution in [-0.2, 0) is 4.79 Å². The highest BCUT2D eigenvalue weighted by Crippen LogP contribution is 2.40. The first-order valence-corrected chi connectivity index (χ1v) is 9.46. The quantitative estimate of drug-likeness (QED) is 0.453. The summed E-state index contributed by atoms with van der Waals surface area (Å²) in [6.45, 7) is 1.52. The Balaban J connectivity index is 1.78. The van der Waals surface area contributed by atoms with Crippen molar-refractivity contribution in [3.63, 3.8) is 0 Å². The number of azo groups is 1. The van der Waals surface area contributed by atoms with Crippen molar-refractivity contribution >= 4 is 60.3 Å². The number of rotatable bonds is 4. The third-order valence-electron chi connectivity index (χ3n) is 3.78. The molecule has 0 aliphatic rings. The summed E-state index contributed by atoms with van der Waals surface area (Å²) < 4.78 is 1.49. The molecule has 0 fully saturated rings. The van der Waals surface area contributed by atoms with Crippen molar-refractivity contribution in [1.29, 1.82) is 0 Å². The molecule has 3 aromatic rings. The Hall–Kier alpha value is -2.52.